The number of amides is 1. The Kier molecular flexibility index (Phi) is 8.68. The van der Waals surface area contributed by atoms with E-state index in [2.05, 4.69) is 60.0 Å². The van der Waals surface area contributed by atoms with Gasteiger partial charge in [-0.3, -0.25) is 4.79 Å². The molecule has 0 aromatic heterocycles. The van der Waals surface area contributed by atoms with E-state index < -0.39 is 20.0 Å². The van der Waals surface area contributed by atoms with Gasteiger partial charge in [0, 0.05) is 6.08 Å². The highest BCUT2D eigenvalue weighted by atomic mass is 28.4. The van der Waals surface area contributed by atoms with Crippen molar-refractivity contribution < 1.29 is 18.8 Å². The van der Waals surface area contributed by atoms with Gasteiger partial charge in [0.25, 0.3) is 0 Å². The lowest BCUT2D eigenvalue weighted by Gasteiger charge is -2.49. The molecule has 2 saturated carbocycles. The number of carbonyl (C=O) groups excluding carboxylic acids is 2. The number of hydrogen-bond acceptors (Lipinski definition) is 4. The Bertz CT molecular complexity index is 808. The Labute approximate surface area is 215 Å². The fraction of sp³-hybridized carbons (Fsp3) is 0.862. The van der Waals surface area contributed by atoms with Gasteiger partial charge < -0.3 is 14.5 Å². The Hall–Kier alpha value is -1.14. The standard InChI is InChI=1S/C29H51NO4Si/c1-19(2)23-16-15-20(3)17-24(23)33-27(32)29(21(4)18-25(31)30-29)26(22-13-11-10-12-14-22)34-35(8,9)28(5,6)7/h18-20,22-24,26H,10-17H2,1-9H3,(H,30,31)/t20-,23+,24-,26-,29-/m0/s1. The third-order valence-corrected chi connectivity index (χ3v) is 14.0. The van der Waals surface area contributed by atoms with Crippen LogP contribution in [0.2, 0.25) is 18.1 Å². The van der Waals surface area contributed by atoms with Crippen molar-refractivity contribution in [3.8, 4) is 0 Å². The second-order valence-electron chi connectivity index (χ2n) is 13.6. The van der Waals surface area contributed by atoms with E-state index >= 15 is 0 Å². The predicted molar refractivity (Wildman–Crippen MR) is 144 cm³/mol. The van der Waals surface area contributed by atoms with Crippen LogP contribution in [0.5, 0.6) is 0 Å². The molecule has 0 aromatic rings. The summed E-state index contributed by atoms with van der Waals surface area (Å²) in [7, 11) is -2.24. The minimum atomic E-state index is -2.24. The van der Waals surface area contributed by atoms with Crippen molar-refractivity contribution in [1.82, 2.24) is 5.32 Å². The van der Waals surface area contributed by atoms with E-state index in [1.165, 1.54) is 12.8 Å². The van der Waals surface area contributed by atoms with E-state index in [0.717, 1.165) is 44.1 Å². The summed E-state index contributed by atoms with van der Waals surface area (Å²) >= 11 is 0. The molecular weight excluding hydrogens is 454 g/mol. The lowest BCUT2D eigenvalue weighted by molar-refractivity contribution is -0.169. The first-order valence-electron chi connectivity index (χ1n) is 14.1. The molecule has 5 atom stereocenters. The number of esters is 1. The molecule has 0 saturated heterocycles. The van der Waals surface area contributed by atoms with Gasteiger partial charge in [-0.05, 0) is 80.0 Å². The van der Waals surface area contributed by atoms with Gasteiger partial charge in [-0.2, -0.15) is 0 Å². The lowest BCUT2D eigenvalue weighted by atomic mass is 9.73. The molecule has 2 aliphatic carbocycles. The predicted octanol–water partition coefficient (Wildman–Crippen LogP) is 6.78. The molecule has 1 heterocycles. The van der Waals surface area contributed by atoms with Crippen LogP contribution in [0, 0.1) is 23.7 Å². The molecule has 2 fully saturated rings. The minimum absolute atomic E-state index is 0.00716. The summed E-state index contributed by atoms with van der Waals surface area (Å²) in [6, 6.07) is 0. The topological polar surface area (TPSA) is 64.6 Å². The van der Waals surface area contributed by atoms with Gasteiger partial charge in [-0.15, -0.1) is 0 Å². The molecule has 0 bridgehead atoms. The van der Waals surface area contributed by atoms with Crippen molar-refractivity contribution in [3.63, 3.8) is 0 Å². The zero-order chi connectivity index (χ0) is 26.2. The smallest absolute Gasteiger partial charge is 0.339 e. The second-order valence-corrected chi connectivity index (χ2v) is 18.3. The molecule has 1 aliphatic heterocycles. The number of hydrogen-bond donors (Lipinski definition) is 1. The van der Waals surface area contributed by atoms with Crippen LogP contribution in [0.3, 0.4) is 0 Å². The fourth-order valence-electron chi connectivity index (χ4n) is 6.21. The number of ether oxygens (including phenoxy) is 1. The van der Waals surface area contributed by atoms with E-state index in [9.17, 15) is 9.59 Å². The van der Waals surface area contributed by atoms with E-state index in [-0.39, 0.29) is 28.9 Å². The van der Waals surface area contributed by atoms with Crippen molar-refractivity contribution in [2.24, 2.45) is 23.7 Å². The summed E-state index contributed by atoms with van der Waals surface area (Å²) in [5.74, 6) is 1.03. The number of rotatable bonds is 7. The molecule has 0 spiro atoms. The molecule has 0 radical (unpaired) electrons. The van der Waals surface area contributed by atoms with Gasteiger partial charge in [0.15, 0.2) is 13.9 Å². The summed E-state index contributed by atoms with van der Waals surface area (Å²) in [5, 5.41) is 3.12. The lowest BCUT2D eigenvalue weighted by Crippen LogP contribution is -2.66. The minimum Gasteiger partial charge on any atom is -0.460 e. The van der Waals surface area contributed by atoms with Crippen LogP contribution in [-0.4, -0.2) is 37.9 Å². The third-order valence-electron chi connectivity index (χ3n) is 9.56. The molecule has 35 heavy (non-hydrogen) atoms. The highest BCUT2D eigenvalue weighted by Gasteiger charge is 2.58. The molecule has 3 aliphatic rings. The maximum Gasteiger partial charge on any atom is 0.339 e. The van der Waals surface area contributed by atoms with Gasteiger partial charge >= 0.3 is 5.97 Å². The molecule has 0 aromatic carbocycles. The Morgan fingerprint density at radius 3 is 2.26 bits per heavy atom. The first-order chi connectivity index (χ1) is 16.2. The van der Waals surface area contributed by atoms with Crippen LogP contribution in [0.15, 0.2) is 11.6 Å². The highest BCUT2D eigenvalue weighted by molar-refractivity contribution is 6.74. The van der Waals surface area contributed by atoms with E-state index in [1.807, 2.05) is 6.92 Å². The van der Waals surface area contributed by atoms with Crippen LogP contribution >= 0.6 is 0 Å². The quantitative estimate of drug-likeness (QED) is 0.306. The van der Waals surface area contributed by atoms with Crippen LogP contribution < -0.4 is 5.32 Å². The van der Waals surface area contributed by atoms with Crippen molar-refractivity contribution in [3.05, 3.63) is 11.6 Å². The van der Waals surface area contributed by atoms with Crippen molar-refractivity contribution in [1.29, 1.82) is 0 Å². The van der Waals surface area contributed by atoms with E-state index in [0.29, 0.717) is 17.8 Å². The molecule has 1 N–H and O–H groups in total. The molecule has 3 rings (SSSR count). The SMILES string of the molecule is CC1=CC(=O)N[C@]1(C(=O)O[C@H]1C[C@@H](C)CC[C@@H]1C(C)C)[C@@H](O[Si](C)(C)C(C)(C)C)C1CCCCC1. The molecular formula is C29H51NO4Si. The van der Waals surface area contributed by atoms with Gasteiger partial charge in [0.05, 0.1) is 6.10 Å². The molecule has 6 heteroatoms. The monoisotopic (exact) mass is 505 g/mol. The summed E-state index contributed by atoms with van der Waals surface area (Å²) in [5.41, 5.74) is -0.497. The van der Waals surface area contributed by atoms with Crippen molar-refractivity contribution >= 4 is 20.2 Å². The van der Waals surface area contributed by atoms with E-state index in [4.69, 9.17) is 9.16 Å². The zero-order valence-electron chi connectivity index (χ0n) is 23.8. The first kappa shape index (κ1) is 28.4. The normalized spacial score (nSPS) is 31.8. The van der Waals surface area contributed by atoms with Gasteiger partial charge in [0.1, 0.15) is 6.10 Å². The van der Waals surface area contributed by atoms with Crippen LogP contribution in [0.25, 0.3) is 0 Å². The maximum absolute atomic E-state index is 14.3. The van der Waals surface area contributed by atoms with Gasteiger partial charge in [0.2, 0.25) is 5.91 Å². The molecule has 200 valence electrons. The van der Waals surface area contributed by atoms with Crippen molar-refractivity contribution in [2.75, 3.05) is 0 Å². The van der Waals surface area contributed by atoms with Gasteiger partial charge in [-0.1, -0.05) is 67.2 Å². The van der Waals surface area contributed by atoms with Crippen LogP contribution in [0.4, 0.5) is 0 Å². The van der Waals surface area contributed by atoms with E-state index in [1.54, 1.807) is 6.08 Å². The zero-order valence-corrected chi connectivity index (χ0v) is 24.8. The molecule has 5 nitrogen and oxygen atoms in total. The Morgan fingerprint density at radius 2 is 1.74 bits per heavy atom. The number of carbonyl (C=O) groups is 2. The second kappa shape index (κ2) is 10.7. The summed E-state index contributed by atoms with van der Waals surface area (Å²) in [6.45, 7) is 19.8. The molecule has 0 unspecified atom stereocenters. The average molecular weight is 506 g/mol. The maximum atomic E-state index is 14.3. The fourth-order valence-corrected chi connectivity index (χ4v) is 7.57. The Balaban J connectivity index is 2.03. The van der Waals surface area contributed by atoms with Gasteiger partial charge in [-0.25, -0.2) is 4.79 Å². The third kappa shape index (κ3) is 5.89. The highest BCUT2D eigenvalue weighted by Crippen LogP contribution is 2.46. The molecule has 1 amide bonds. The van der Waals surface area contributed by atoms with Crippen LogP contribution in [-0.2, 0) is 18.8 Å². The Morgan fingerprint density at radius 1 is 1.11 bits per heavy atom. The average Bonchev–Trinajstić information content (AvgIpc) is 3.06. The summed E-state index contributed by atoms with van der Waals surface area (Å²) < 4.78 is 13.6. The van der Waals surface area contributed by atoms with Crippen LogP contribution in [0.1, 0.15) is 99.8 Å². The summed E-state index contributed by atoms with van der Waals surface area (Å²) in [6.07, 6.45) is 9.75. The first-order valence-corrected chi connectivity index (χ1v) is 17.0. The summed E-state index contributed by atoms with van der Waals surface area (Å²) in [4.78, 5) is 27.1. The van der Waals surface area contributed by atoms with Crippen molar-refractivity contribution in [2.45, 2.75) is 136 Å². The largest absolute Gasteiger partial charge is 0.460 e. The number of nitrogens with one attached hydrogen (secondary N) is 1.